The molecule has 8 heteroatoms. The van der Waals surface area contributed by atoms with Gasteiger partial charge in [0.25, 0.3) is 0 Å². The molecule has 156 valence electrons. The summed E-state index contributed by atoms with van der Waals surface area (Å²) in [6.45, 7) is 3.34. The third kappa shape index (κ3) is 4.07. The highest BCUT2D eigenvalue weighted by atomic mass is 16.3. The molecule has 1 N–H and O–H groups in total. The Labute approximate surface area is 175 Å². The van der Waals surface area contributed by atoms with E-state index >= 15 is 0 Å². The molecule has 0 saturated carbocycles. The number of carbonyl (C=O) groups excluding carboxylic acids is 2. The number of nitrogens with one attached hydrogen (secondary N) is 1. The third-order valence-corrected chi connectivity index (χ3v) is 5.36. The summed E-state index contributed by atoms with van der Waals surface area (Å²) in [5.41, 5.74) is 3.76. The number of fused-ring (bicyclic) bond motifs is 1. The van der Waals surface area contributed by atoms with E-state index in [1.165, 1.54) is 0 Å². The molecule has 3 amide bonds. The fourth-order valence-electron chi connectivity index (χ4n) is 3.80. The van der Waals surface area contributed by atoms with Crippen LogP contribution in [-0.4, -0.2) is 33.2 Å². The normalized spacial score (nSPS) is 13.1. The molecule has 2 aromatic heterocycles. The van der Waals surface area contributed by atoms with Crippen molar-refractivity contribution in [3.8, 4) is 0 Å². The Balaban J connectivity index is 1.51. The summed E-state index contributed by atoms with van der Waals surface area (Å²) in [5, 5.41) is 7.57. The highest BCUT2D eigenvalue weighted by Crippen LogP contribution is 2.25. The van der Waals surface area contributed by atoms with E-state index in [0.717, 1.165) is 29.1 Å². The summed E-state index contributed by atoms with van der Waals surface area (Å²) in [6, 6.07) is 13.0. The maximum atomic E-state index is 12.7. The van der Waals surface area contributed by atoms with Crippen LogP contribution in [-0.2, 0) is 37.9 Å². The number of carbonyl (C=O) groups is 2. The monoisotopic (exact) mass is 407 g/mol. The number of hydrogen-bond donors (Lipinski definition) is 1. The van der Waals surface area contributed by atoms with Crippen molar-refractivity contribution in [3.05, 3.63) is 71.4 Å². The molecule has 30 heavy (non-hydrogen) atoms. The fourth-order valence-corrected chi connectivity index (χ4v) is 3.80. The smallest absolute Gasteiger partial charge is 0.318 e. The molecule has 1 aromatic carbocycles. The molecule has 0 bridgehead atoms. The molecule has 0 unspecified atom stereocenters. The average molecular weight is 407 g/mol. The van der Waals surface area contributed by atoms with Gasteiger partial charge in [0.1, 0.15) is 5.76 Å². The van der Waals surface area contributed by atoms with Gasteiger partial charge in [0.05, 0.1) is 31.6 Å². The second-order valence-electron chi connectivity index (χ2n) is 7.35. The number of benzene rings is 1. The number of aromatic nitrogens is 2. The molecule has 1 aliphatic heterocycles. The van der Waals surface area contributed by atoms with Gasteiger partial charge in [-0.2, -0.15) is 5.10 Å². The van der Waals surface area contributed by atoms with Crippen molar-refractivity contribution in [3.63, 3.8) is 0 Å². The Kier molecular flexibility index (Phi) is 5.56. The Bertz CT molecular complexity index is 1030. The molecule has 0 atom stereocenters. The summed E-state index contributed by atoms with van der Waals surface area (Å²) >= 11 is 0. The minimum Gasteiger partial charge on any atom is -0.467 e. The fraction of sp³-hybridized carbons (Fsp3) is 0.318. The van der Waals surface area contributed by atoms with E-state index in [4.69, 9.17) is 4.42 Å². The zero-order chi connectivity index (χ0) is 21.1. The van der Waals surface area contributed by atoms with Crippen LogP contribution in [0.4, 0.5) is 10.5 Å². The van der Waals surface area contributed by atoms with Crippen LogP contribution in [0.5, 0.6) is 0 Å². The number of amides is 3. The van der Waals surface area contributed by atoms with Gasteiger partial charge in [-0.05, 0) is 24.3 Å². The van der Waals surface area contributed by atoms with E-state index in [0.29, 0.717) is 31.9 Å². The van der Waals surface area contributed by atoms with Gasteiger partial charge in [-0.3, -0.25) is 9.48 Å². The maximum Gasteiger partial charge on any atom is 0.318 e. The molecule has 0 aliphatic carbocycles. The van der Waals surface area contributed by atoms with Crippen LogP contribution < -0.4 is 10.2 Å². The number of aryl methyl sites for hydroxylation is 1. The standard InChI is InChI=1S/C22H25N5O3/c1-16(28)27(17-7-4-3-5-8-17)15-20-19-14-26(11-10-21(19)25(2)24-20)22(29)23-13-18-9-6-12-30-18/h3-9,12H,10-11,13-15H2,1-2H3,(H,23,29). The van der Waals surface area contributed by atoms with Crippen LogP contribution in [0.3, 0.4) is 0 Å². The van der Waals surface area contributed by atoms with Crippen LogP contribution in [0, 0.1) is 0 Å². The van der Waals surface area contributed by atoms with Gasteiger partial charge in [0, 0.05) is 43.9 Å². The van der Waals surface area contributed by atoms with Crippen LogP contribution in [0.1, 0.15) is 29.6 Å². The second-order valence-corrected chi connectivity index (χ2v) is 7.35. The minimum absolute atomic E-state index is 0.0514. The number of urea groups is 1. The van der Waals surface area contributed by atoms with E-state index in [2.05, 4.69) is 10.4 Å². The number of para-hydroxylation sites is 1. The zero-order valence-electron chi connectivity index (χ0n) is 17.2. The first kappa shape index (κ1) is 19.8. The first-order valence-corrected chi connectivity index (χ1v) is 9.95. The topological polar surface area (TPSA) is 83.6 Å². The van der Waals surface area contributed by atoms with Crippen molar-refractivity contribution >= 4 is 17.6 Å². The van der Waals surface area contributed by atoms with Crippen molar-refractivity contribution in [1.82, 2.24) is 20.0 Å². The molecule has 4 rings (SSSR count). The summed E-state index contributed by atoms with van der Waals surface area (Å²) in [6.07, 6.45) is 2.31. The van der Waals surface area contributed by atoms with Crippen LogP contribution in [0.2, 0.25) is 0 Å². The molecular formula is C22H25N5O3. The van der Waals surface area contributed by atoms with Crippen molar-refractivity contribution in [2.45, 2.75) is 33.0 Å². The van der Waals surface area contributed by atoms with E-state index in [-0.39, 0.29) is 11.9 Å². The SMILES string of the molecule is CC(=O)N(Cc1nn(C)c2c1CN(C(=O)NCc1ccco1)CC2)c1ccccc1. The number of rotatable bonds is 5. The molecule has 0 radical (unpaired) electrons. The summed E-state index contributed by atoms with van der Waals surface area (Å²) in [5.74, 6) is 0.660. The number of furan rings is 1. The molecule has 3 heterocycles. The largest absolute Gasteiger partial charge is 0.467 e. The van der Waals surface area contributed by atoms with Crippen LogP contribution in [0.15, 0.2) is 53.1 Å². The van der Waals surface area contributed by atoms with E-state index < -0.39 is 0 Å². The van der Waals surface area contributed by atoms with Crippen molar-refractivity contribution in [2.24, 2.45) is 7.05 Å². The molecule has 0 saturated heterocycles. The molecule has 0 fully saturated rings. The third-order valence-electron chi connectivity index (χ3n) is 5.36. The van der Waals surface area contributed by atoms with E-state index in [9.17, 15) is 9.59 Å². The predicted molar refractivity (Wildman–Crippen MR) is 112 cm³/mol. The van der Waals surface area contributed by atoms with Crippen molar-refractivity contribution in [1.29, 1.82) is 0 Å². The molecule has 0 spiro atoms. The first-order valence-electron chi connectivity index (χ1n) is 9.95. The highest BCUT2D eigenvalue weighted by molar-refractivity contribution is 5.91. The van der Waals surface area contributed by atoms with Crippen LogP contribution >= 0.6 is 0 Å². The van der Waals surface area contributed by atoms with E-state index in [1.807, 2.05) is 48.1 Å². The molecule has 3 aromatic rings. The number of nitrogens with zero attached hydrogens (tertiary/aromatic N) is 4. The van der Waals surface area contributed by atoms with Gasteiger partial charge in [0.2, 0.25) is 5.91 Å². The summed E-state index contributed by atoms with van der Waals surface area (Å²) < 4.78 is 7.14. The Morgan fingerprint density at radius 2 is 2.00 bits per heavy atom. The lowest BCUT2D eigenvalue weighted by atomic mass is 10.0. The Hall–Kier alpha value is -3.55. The molecule has 8 nitrogen and oxygen atoms in total. The zero-order valence-corrected chi connectivity index (χ0v) is 17.2. The highest BCUT2D eigenvalue weighted by Gasteiger charge is 2.28. The summed E-state index contributed by atoms with van der Waals surface area (Å²) in [7, 11) is 1.91. The second kappa shape index (κ2) is 8.44. The maximum absolute atomic E-state index is 12.7. The Morgan fingerprint density at radius 3 is 2.70 bits per heavy atom. The number of hydrogen-bond acceptors (Lipinski definition) is 4. The molecular weight excluding hydrogens is 382 g/mol. The lowest BCUT2D eigenvalue weighted by Gasteiger charge is -2.28. The van der Waals surface area contributed by atoms with Crippen molar-refractivity contribution < 1.29 is 14.0 Å². The first-order chi connectivity index (χ1) is 14.5. The van der Waals surface area contributed by atoms with Crippen molar-refractivity contribution in [2.75, 3.05) is 11.4 Å². The Morgan fingerprint density at radius 1 is 1.20 bits per heavy atom. The van der Waals surface area contributed by atoms with Gasteiger partial charge in [-0.15, -0.1) is 0 Å². The van der Waals surface area contributed by atoms with Crippen LogP contribution in [0.25, 0.3) is 0 Å². The van der Waals surface area contributed by atoms with Gasteiger partial charge in [-0.1, -0.05) is 18.2 Å². The number of anilines is 1. The average Bonchev–Trinajstić information content (AvgIpc) is 3.38. The predicted octanol–water partition coefficient (Wildman–Crippen LogP) is 2.83. The van der Waals surface area contributed by atoms with Gasteiger partial charge >= 0.3 is 6.03 Å². The van der Waals surface area contributed by atoms with Gasteiger partial charge < -0.3 is 19.5 Å². The minimum atomic E-state index is -0.140. The van der Waals surface area contributed by atoms with Gasteiger partial charge in [0.15, 0.2) is 0 Å². The quantitative estimate of drug-likeness (QED) is 0.705. The lowest BCUT2D eigenvalue weighted by Crippen LogP contribution is -2.42. The lowest BCUT2D eigenvalue weighted by molar-refractivity contribution is -0.116. The van der Waals surface area contributed by atoms with E-state index in [1.54, 1.807) is 29.1 Å². The van der Waals surface area contributed by atoms with Gasteiger partial charge in [-0.25, -0.2) is 4.79 Å². The summed E-state index contributed by atoms with van der Waals surface area (Å²) in [4.78, 5) is 28.4. The molecule has 1 aliphatic rings.